The summed E-state index contributed by atoms with van der Waals surface area (Å²) in [6.07, 6.45) is 64.6. The molecule has 70 heavy (non-hydrogen) atoms. The number of unbranched alkanes of at least 4 members (excludes halogenated alkanes) is 23. The number of carbonyl (C=O) groups excluding carboxylic acids is 1. The molecule has 0 saturated carbocycles. The summed E-state index contributed by atoms with van der Waals surface area (Å²) in [5.41, 5.74) is 0. The number of ether oxygens (including phenoxy) is 2. The van der Waals surface area contributed by atoms with Gasteiger partial charge in [0, 0.05) is 6.42 Å². The smallest absolute Gasteiger partial charge is 0.220 e. The van der Waals surface area contributed by atoms with E-state index in [4.69, 9.17) is 9.47 Å². The standard InChI is InChI=1S/C61H105NO8/c1-3-5-7-9-11-13-15-17-19-21-22-23-24-25-26-27-28-29-30-31-32-33-34-35-37-39-41-43-45-47-49-51-57(65)62-54(53-69-61-60(68)59(67)58(66)56(52-63)70-61)55(64)50-48-46-44-42-40-38-36-20-18-16-14-12-10-8-6-4-2/h5,7,11,13,17,19,22-23,25-26,28-29,31-32,48,50,54-56,58-61,63-64,66-68H,3-4,6,8-10,12,14-16,18,20-21,24,27,30,33-47,49,51-53H2,1-2H3,(H,62,65)/b7-5-,13-11-,19-17-,23-22-,26-25-,29-28-,32-31-,50-48+. The van der Waals surface area contributed by atoms with Crippen molar-refractivity contribution in [3.8, 4) is 0 Å². The lowest BCUT2D eigenvalue weighted by Crippen LogP contribution is -2.60. The lowest BCUT2D eigenvalue weighted by atomic mass is 9.99. The highest BCUT2D eigenvalue weighted by molar-refractivity contribution is 5.76. The van der Waals surface area contributed by atoms with Crippen LogP contribution >= 0.6 is 0 Å². The minimum absolute atomic E-state index is 0.187. The van der Waals surface area contributed by atoms with Crippen LogP contribution in [0.1, 0.15) is 226 Å². The summed E-state index contributed by atoms with van der Waals surface area (Å²) in [6, 6.07) is -0.814. The molecule has 1 heterocycles. The third-order valence-electron chi connectivity index (χ3n) is 12.9. The van der Waals surface area contributed by atoms with Crippen molar-refractivity contribution < 1.29 is 39.8 Å². The van der Waals surface area contributed by atoms with Gasteiger partial charge in [0.15, 0.2) is 6.29 Å². The van der Waals surface area contributed by atoms with Crippen molar-refractivity contribution in [1.82, 2.24) is 5.32 Å². The van der Waals surface area contributed by atoms with Gasteiger partial charge in [-0.2, -0.15) is 0 Å². The number of amides is 1. The first-order valence-corrected chi connectivity index (χ1v) is 28.5. The Balaban J connectivity index is 2.22. The van der Waals surface area contributed by atoms with Crippen molar-refractivity contribution in [2.24, 2.45) is 0 Å². The molecular weight excluding hydrogens is 875 g/mol. The lowest BCUT2D eigenvalue weighted by molar-refractivity contribution is -0.302. The highest BCUT2D eigenvalue weighted by Crippen LogP contribution is 2.23. The number of aliphatic hydroxyl groups excluding tert-OH is 5. The van der Waals surface area contributed by atoms with Crippen LogP contribution < -0.4 is 5.32 Å². The van der Waals surface area contributed by atoms with E-state index in [1.807, 2.05) is 6.08 Å². The van der Waals surface area contributed by atoms with E-state index in [1.165, 1.54) is 109 Å². The molecule has 0 aliphatic carbocycles. The topological polar surface area (TPSA) is 149 Å². The molecule has 0 aromatic carbocycles. The zero-order valence-corrected chi connectivity index (χ0v) is 44.5. The predicted octanol–water partition coefficient (Wildman–Crippen LogP) is 14.0. The minimum Gasteiger partial charge on any atom is -0.394 e. The second-order valence-electron chi connectivity index (χ2n) is 19.4. The Labute approximate surface area is 428 Å². The SMILES string of the molecule is CC/C=C\C/C=C\C/C=C\C/C=C\C/C=C\C/C=C\C/C=C\CCCCCCCCCCCC(=O)NC(COC1OC(CO)C(O)C(O)C1O)C(O)/C=C/CCCCCCCCCCCCCCCC. The maximum atomic E-state index is 13.0. The second-order valence-corrected chi connectivity index (χ2v) is 19.4. The maximum Gasteiger partial charge on any atom is 0.220 e. The molecule has 0 aromatic heterocycles. The fourth-order valence-electron chi connectivity index (χ4n) is 8.43. The molecule has 7 atom stereocenters. The molecule has 1 aliphatic heterocycles. The van der Waals surface area contributed by atoms with Gasteiger partial charge in [0.05, 0.1) is 25.4 Å². The normalized spacial score (nSPS) is 20.1. The van der Waals surface area contributed by atoms with Crippen molar-refractivity contribution >= 4 is 5.91 Å². The van der Waals surface area contributed by atoms with Crippen molar-refractivity contribution in [2.45, 2.75) is 269 Å². The van der Waals surface area contributed by atoms with Gasteiger partial charge in [0.1, 0.15) is 24.4 Å². The van der Waals surface area contributed by atoms with E-state index in [1.54, 1.807) is 6.08 Å². The van der Waals surface area contributed by atoms with E-state index in [2.05, 4.69) is 104 Å². The molecule has 0 radical (unpaired) electrons. The molecule has 0 aromatic rings. The van der Waals surface area contributed by atoms with Gasteiger partial charge in [-0.05, 0) is 77.0 Å². The van der Waals surface area contributed by atoms with E-state index in [-0.39, 0.29) is 12.5 Å². The Morgan fingerprint density at radius 1 is 0.500 bits per heavy atom. The van der Waals surface area contributed by atoms with Crippen LogP contribution in [0.2, 0.25) is 0 Å². The van der Waals surface area contributed by atoms with E-state index < -0.39 is 49.5 Å². The van der Waals surface area contributed by atoms with Gasteiger partial charge in [-0.3, -0.25) is 4.79 Å². The van der Waals surface area contributed by atoms with E-state index >= 15 is 0 Å². The number of rotatable bonds is 47. The van der Waals surface area contributed by atoms with E-state index in [9.17, 15) is 30.3 Å². The summed E-state index contributed by atoms with van der Waals surface area (Å²) in [5.74, 6) is -0.187. The lowest BCUT2D eigenvalue weighted by Gasteiger charge is -2.40. The van der Waals surface area contributed by atoms with Gasteiger partial charge in [-0.25, -0.2) is 0 Å². The van der Waals surface area contributed by atoms with Gasteiger partial charge in [-0.15, -0.1) is 0 Å². The number of nitrogens with one attached hydrogen (secondary N) is 1. The number of carbonyl (C=O) groups is 1. The Bertz CT molecular complexity index is 1420. The summed E-state index contributed by atoms with van der Waals surface area (Å²) < 4.78 is 11.3. The first-order chi connectivity index (χ1) is 34.3. The largest absolute Gasteiger partial charge is 0.394 e. The molecule has 1 amide bonds. The van der Waals surface area contributed by atoms with Gasteiger partial charge < -0.3 is 40.3 Å². The van der Waals surface area contributed by atoms with Crippen LogP contribution in [0.4, 0.5) is 0 Å². The van der Waals surface area contributed by atoms with E-state index in [0.29, 0.717) is 6.42 Å². The summed E-state index contributed by atoms with van der Waals surface area (Å²) in [4.78, 5) is 13.0. The van der Waals surface area contributed by atoms with Crippen LogP contribution in [-0.2, 0) is 14.3 Å². The molecule has 9 heteroatoms. The fourth-order valence-corrected chi connectivity index (χ4v) is 8.43. The number of aliphatic hydroxyl groups is 5. The average molecular weight is 981 g/mol. The van der Waals surface area contributed by atoms with Crippen LogP contribution in [0.25, 0.3) is 0 Å². The number of allylic oxidation sites excluding steroid dienone is 15. The highest BCUT2D eigenvalue weighted by Gasteiger charge is 2.44. The summed E-state index contributed by atoms with van der Waals surface area (Å²) in [7, 11) is 0. The third-order valence-corrected chi connectivity index (χ3v) is 12.9. The quantitative estimate of drug-likeness (QED) is 0.0261. The van der Waals surface area contributed by atoms with Crippen LogP contribution in [0, 0.1) is 0 Å². The Morgan fingerprint density at radius 3 is 1.31 bits per heavy atom. The molecule has 6 N–H and O–H groups in total. The van der Waals surface area contributed by atoms with Crippen molar-refractivity contribution in [1.29, 1.82) is 0 Å². The van der Waals surface area contributed by atoms with Crippen molar-refractivity contribution in [2.75, 3.05) is 13.2 Å². The second kappa shape index (κ2) is 49.7. The predicted molar refractivity (Wildman–Crippen MR) is 294 cm³/mol. The monoisotopic (exact) mass is 980 g/mol. The molecule has 1 rings (SSSR count). The molecule has 0 bridgehead atoms. The molecule has 1 saturated heterocycles. The fraction of sp³-hybridized carbons (Fsp3) is 0.721. The van der Waals surface area contributed by atoms with Gasteiger partial charge >= 0.3 is 0 Å². The van der Waals surface area contributed by atoms with Gasteiger partial charge in [-0.1, -0.05) is 239 Å². The number of hydrogen-bond acceptors (Lipinski definition) is 8. The zero-order chi connectivity index (χ0) is 50.8. The summed E-state index contributed by atoms with van der Waals surface area (Å²) in [6.45, 7) is 3.66. The Morgan fingerprint density at radius 2 is 0.886 bits per heavy atom. The van der Waals surface area contributed by atoms with Gasteiger partial charge in [0.2, 0.25) is 5.91 Å². The van der Waals surface area contributed by atoms with Crippen LogP contribution in [0.3, 0.4) is 0 Å². The first-order valence-electron chi connectivity index (χ1n) is 28.5. The van der Waals surface area contributed by atoms with Gasteiger partial charge in [0.25, 0.3) is 0 Å². The molecule has 1 fully saturated rings. The Kier molecular flexibility index (Phi) is 46.2. The molecule has 0 spiro atoms. The molecule has 402 valence electrons. The first kappa shape index (κ1) is 65.1. The number of hydrogen-bond donors (Lipinski definition) is 6. The van der Waals surface area contributed by atoms with Crippen molar-refractivity contribution in [3.63, 3.8) is 0 Å². The maximum absolute atomic E-state index is 13.0. The molecule has 7 unspecified atom stereocenters. The molecule has 1 aliphatic rings. The van der Waals surface area contributed by atoms with Crippen LogP contribution in [0.5, 0.6) is 0 Å². The Hall–Kier alpha value is -2.89. The third kappa shape index (κ3) is 38.7. The van der Waals surface area contributed by atoms with Crippen LogP contribution in [-0.4, -0.2) is 87.5 Å². The van der Waals surface area contributed by atoms with E-state index in [0.717, 1.165) is 96.3 Å². The molecule has 9 nitrogen and oxygen atoms in total. The average Bonchev–Trinajstić information content (AvgIpc) is 3.36. The zero-order valence-electron chi connectivity index (χ0n) is 44.5. The minimum atomic E-state index is -1.57. The molecular formula is C61H105NO8. The van der Waals surface area contributed by atoms with Crippen molar-refractivity contribution in [3.05, 3.63) is 97.2 Å². The summed E-state index contributed by atoms with van der Waals surface area (Å²) in [5, 5.41) is 54.5. The highest BCUT2D eigenvalue weighted by atomic mass is 16.7. The van der Waals surface area contributed by atoms with Crippen LogP contribution in [0.15, 0.2) is 97.2 Å². The summed E-state index contributed by atoms with van der Waals surface area (Å²) >= 11 is 0.